The van der Waals surface area contributed by atoms with Gasteiger partial charge in [-0.1, -0.05) is 11.3 Å². The SMILES string of the molecule is N#CSc1cnc(NC=O)s1. The van der Waals surface area contributed by atoms with Gasteiger partial charge in [0.15, 0.2) is 5.13 Å². The third-order valence-corrected chi connectivity index (χ3v) is 2.43. The maximum atomic E-state index is 9.93. The third kappa shape index (κ3) is 2.22. The highest BCUT2D eigenvalue weighted by Crippen LogP contribution is 2.26. The maximum Gasteiger partial charge on any atom is 0.213 e. The number of hydrogen-bond acceptors (Lipinski definition) is 5. The topological polar surface area (TPSA) is 65.8 Å². The van der Waals surface area contributed by atoms with E-state index in [1.807, 2.05) is 5.40 Å². The van der Waals surface area contributed by atoms with Gasteiger partial charge >= 0.3 is 0 Å². The molecule has 1 N–H and O–H groups in total. The van der Waals surface area contributed by atoms with Crippen molar-refractivity contribution in [1.82, 2.24) is 4.98 Å². The van der Waals surface area contributed by atoms with Gasteiger partial charge in [0.05, 0.1) is 10.4 Å². The minimum Gasteiger partial charge on any atom is -0.305 e. The van der Waals surface area contributed by atoms with Crippen LogP contribution >= 0.6 is 23.1 Å². The van der Waals surface area contributed by atoms with E-state index in [-0.39, 0.29) is 0 Å². The minimum absolute atomic E-state index is 0.512. The Morgan fingerprint density at radius 3 is 3.36 bits per heavy atom. The fourth-order valence-electron chi connectivity index (χ4n) is 0.469. The average molecular weight is 185 g/mol. The summed E-state index contributed by atoms with van der Waals surface area (Å²) in [6.07, 6.45) is 2.10. The molecule has 0 aliphatic rings. The maximum absolute atomic E-state index is 9.93. The summed E-state index contributed by atoms with van der Waals surface area (Å²) in [5.74, 6) is 0. The van der Waals surface area contributed by atoms with Gasteiger partial charge in [-0.15, -0.1) is 0 Å². The number of thiazole rings is 1. The molecule has 1 amide bonds. The summed E-state index contributed by atoms with van der Waals surface area (Å²) >= 11 is 2.30. The Bertz CT molecular complexity index is 290. The summed E-state index contributed by atoms with van der Waals surface area (Å²) in [6, 6.07) is 0. The number of anilines is 1. The summed E-state index contributed by atoms with van der Waals surface area (Å²) in [4.78, 5) is 13.8. The molecule has 0 aliphatic carbocycles. The molecule has 1 rings (SSSR count). The second-order valence-electron chi connectivity index (χ2n) is 1.44. The van der Waals surface area contributed by atoms with Gasteiger partial charge in [-0.3, -0.25) is 4.79 Å². The highest BCUT2D eigenvalue weighted by atomic mass is 32.2. The van der Waals surface area contributed by atoms with Gasteiger partial charge < -0.3 is 5.32 Å². The van der Waals surface area contributed by atoms with Crippen LogP contribution in [0.4, 0.5) is 5.13 Å². The third-order valence-electron chi connectivity index (χ3n) is 0.813. The summed E-state index contributed by atoms with van der Waals surface area (Å²) in [5, 5.41) is 13.1. The van der Waals surface area contributed by atoms with Crippen LogP contribution in [-0.2, 0) is 4.79 Å². The zero-order valence-corrected chi connectivity index (χ0v) is 6.91. The molecule has 11 heavy (non-hydrogen) atoms. The Hall–Kier alpha value is -1.06. The molecule has 0 saturated heterocycles. The largest absolute Gasteiger partial charge is 0.305 e. The number of nitriles is 1. The van der Waals surface area contributed by atoms with Gasteiger partial charge in [0.1, 0.15) is 5.40 Å². The molecule has 0 bridgehead atoms. The van der Waals surface area contributed by atoms with Gasteiger partial charge in [0, 0.05) is 11.8 Å². The van der Waals surface area contributed by atoms with E-state index in [1.54, 1.807) is 6.20 Å². The van der Waals surface area contributed by atoms with Crippen molar-refractivity contribution < 1.29 is 4.79 Å². The highest BCUT2D eigenvalue weighted by molar-refractivity contribution is 8.05. The fraction of sp³-hybridized carbons (Fsp3) is 0. The first-order valence-corrected chi connectivity index (χ1v) is 4.22. The molecule has 0 aliphatic heterocycles. The van der Waals surface area contributed by atoms with Crippen molar-refractivity contribution in [3.63, 3.8) is 0 Å². The molecule has 0 fully saturated rings. The van der Waals surface area contributed by atoms with Crippen LogP contribution in [0.5, 0.6) is 0 Å². The number of carbonyl (C=O) groups excluding carboxylic acids is 1. The van der Waals surface area contributed by atoms with Crippen molar-refractivity contribution in [1.29, 1.82) is 5.26 Å². The number of aromatic nitrogens is 1. The molecule has 0 unspecified atom stereocenters. The molecule has 0 spiro atoms. The van der Waals surface area contributed by atoms with E-state index in [0.29, 0.717) is 11.5 Å². The van der Waals surface area contributed by atoms with Gasteiger partial charge in [0.2, 0.25) is 6.41 Å². The van der Waals surface area contributed by atoms with E-state index in [4.69, 9.17) is 5.26 Å². The highest BCUT2D eigenvalue weighted by Gasteiger charge is 1.99. The fourth-order valence-corrected chi connectivity index (χ4v) is 1.69. The first-order chi connectivity index (χ1) is 5.36. The van der Waals surface area contributed by atoms with Crippen LogP contribution in [0.15, 0.2) is 10.4 Å². The smallest absolute Gasteiger partial charge is 0.213 e. The lowest BCUT2D eigenvalue weighted by atomic mass is 11.0. The number of rotatable bonds is 3. The quantitative estimate of drug-likeness (QED) is 0.437. The van der Waals surface area contributed by atoms with Gasteiger partial charge in [-0.2, -0.15) is 5.26 Å². The Balaban J connectivity index is 2.67. The molecule has 6 heteroatoms. The minimum atomic E-state index is 0.512. The second kappa shape index (κ2) is 3.95. The molecule has 0 aromatic carbocycles. The van der Waals surface area contributed by atoms with Crippen molar-refractivity contribution in [2.24, 2.45) is 0 Å². The Morgan fingerprint density at radius 1 is 1.91 bits per heavy atom. The van der Waals surface area contributed by atoms with Crippen LogP contribution in [0, 0.1) is 10.7 Å². The lowest BCUT2D eigenvalue weighted by molar-refractivity contribution is -0.105. The van der Waals surface area contributed by atoms with E-state index < -0.39 is 0 Å². The zero-order chi connectivity index (χ0) is 8.10. The molecule has 1 aromatic heterocycles. The zero-order valence-electron chi connectivity index (χ0n) is 5.27. The molecule has 1 heterocycles. The lowest BCUT2D eigenvalue weighted by Crippen LogP contribution is -1.90. The molecule has 0 radical (unpaired) electrons. The number of thiocyanates is 1. The number of nitrogens with zero attached hydrogens (tertiary/aromatic N) is 2. The van der Waals surface area contributed by atoms with Crippen molar-refractivity contribution in [2.45, 2.75) is 4.21 Å². The van der Waals surface area contributed by atoms with Crippen molar-refractivity contribution in [3.8, 4) is 5.40 Å². The molecule has 56 valence electrons. The van der Waals surface area contributed by atoms with Crippen LogP contribution in [-0.4, -0.2) is 11.4 Å². The standard InChI is InChI=1S/C5H3N3OS2/c6-2-10-4-1-7-5(11-4)8-3-9/h1,3H,(H,7,8,9). The van der Waals surface area contributed by atoms with E-state index in [0.717, 1.165) is 16.0 Å². The van der Waals surface area contributed by atoms with Gasteiger partial charge in [-0.25, -0.2) is 4.98 Å². The number of hydrogen-bond donors (Lipinski definition) is 1. The van der Waals surface area contributed by atoms with Crippen molar-refractivity contribution >= 4 is 34.6 Å². The van der Waals surface area contributed by atoms with Crippen LogP contribution in [0.1, 0.15) is 0 Å². The number of amides is 1. The summed E-state index contributed by atoms with van der Waals surface area (Å²) < 4.78 is 0.775. The van der Waals surface area contributed by atoms with Gasteiger partial charge in [-0.05, 0) is 0 Å². The van der Waals surface area contributed by atoms with Crippen molar-refractivity contribution in [2.75, 3.05) is 5.32 Å². The lowest BCUT2D eigenvalue weighted by Gasteiger charge is -1.84. The van der Waals surface area contributed by atoms with E-state index >= 15 is 0 Å². The molecular formula is C5H3N3OS2. The number of carbonyl (C=O) groups is 1. The van der Waals surface area contributed by atoms with Crippen LogP contribution in [0.25, 0.3) is 0 Å². The molecule has 0 saturated carbocycles. The molecular weight excluding hydrogens is 182 g/mol. The summed E-state index contributed by atoms with van der Waals surface area (Å²) in [5.41, 5.74) is 0. The Labute approximate surface area is 71.2 Å². The molecule has 4 nitrogen and oxygen atoms in total. The molecule has 1 aromatic rings. The van der Waals surface area contributed by atoms with E-state index in [1.165, 1.54) is 11.3 Å². The monoisotopic (exact) mass is 185 g/mol. The Morgan fingerprint density at radius 2 is 2.73 bits per heavy atom. The van der Waals surface area contributed by atoms with Crippen LogP contribution in [0.3, 0.4) is 0 Å². The summed E-state index contributed by atoms with van der Waals surface area (Å²) in [6.45, 7) is 0. The predicted molar refractivity (Wildman–Crippen MR) is 43.3 cm³/mol. The first kappa shape index (κ1) is 8.04. The predicted octanol–water partition coefficient (Wildman–Crippen LogP) is 1.28. The number of nitrogens with one attached hydrogen (secondary N) is 1. The first-order valence-electron chi connectivity index (χ1n) is 2.58. The van der Waals surface area contributed by atoms with Crippen LogP contribution < -0.4 is 5.32 Å². The average Bonchev–Trinajstić information content (AvgIpc) is 2.38. The summed E-state index contributed by atoms with van der Waals surface area (Å²) in [7, 11) is 0. The van der Waals surface area contributed by atoms with Crippen LogP contribution in [0.2, 0.25) is 0 Å². The van der Waals surface area contributed by atoms with E-state index in [2.05, 4.69) is 10.3 Å². The molecule has 0 atom stereocenters. The second-order valence-corrected chi connectivity index (χ2v) is 3.56. The van der Waals surface area contributed by atoms with Crippen molar-refractivity contribution in [3.05, 3.63) is 6.20 Å². The normalized spacial score (nSPS) is 8.64. The van der Waals surface area contributed by atoms with Gasteiger partial charge in [0.25, 0.3) is 0 Å². The Kier molecular flexibility index (Phi) is 2.89. The number of thioether (sulfide) groups is 1. The van der Waals surface area contributed by atoms with E-state index in [9.17, 15) is 4.79 Å².